The number of nitrogens with zero attached hydrogens (tertiary/aromatic N) is 1. The number of ether oxygens (including phenoxy) is 1. The van der Waals surface area contributed by atoms with Crippen LogP contribution in [-0.2, 0) is 0 Å². The highest BCUT2D eigenvalue weighted by Crippen LogP contribution is 2.35. The van der Waals surface area contributed by atoms with Crippen LogP contribution in [0, 0.1) is 10.1 Å². The molecule has 1 rings (SSSR count). The van der Waals surface area contributed by atoms with Crippen LogP contribution in [0.3, 0.4) is 0 Å². The Kier molecular flexibility index (Phi) is 3.56. The summed E-state index contributed by atoms with van der Waals surface area (Å²) in [5.41, 5.74) is 4.71. The van der Waals surface area contributed by atoms with Crippen molar-refractivity contribution in [3.05, 3.63) is 33.9 Å². The van der Waals surface area contributed by atoms with Gasteiger partial charge >= 0.3 is 5.69 Å². The third-order valence-corrected chi connectivity index (χ3v) is 1.98. The molecule has 6 heteroatoms. The van der Waals surface area contributed by atoms with Gasteiger partial charge in [-0.15, -0.1) is 0 Å². The Hall–Kier alpha value is -1.69. The number of halogens is 1. The van der Waals surface area contributed by atoms with Crippen molar-refractivity contribution in [1.29, 1.82) is 0 Å². The molecule has 0 spiro atoms. The van der Waals surface area contributed by atoms with Crippen molar-refractivity contribution in [2.24, 2.45) is 5.73 Å². The third-order valence-electron chi connectivity index (χ3n) is 1.98. The first-order valence-corrected chi connectivity index (χ1v) is 4.27. The molecule has 1 aromatic rings. The fourth-order valence-corrected chi connectivity index (χ4v) is 1.28. The van der Waals surface area contributed by atoms with Crippen molar-refractivity contribution in [2.45, 2.75) is 6.17 Å². The third kappa shape index (κ3) is 2.21. The van der Waals surface area contributed by atoms with E-state index in [9.17, 15) is 14.5 Å². The average Bonchev–Trinajstić information content (AvgIpc) is 2.26. The first-order chi connectivity index (χ1) is 7.11. The van der Waals surface area contributed by atoms with Gasteiger partial charge in [-0.1, -0.05) is 6.07 Å². The van der Waals surface area contributed by atoms with Gasteiger partial charge in [-0.25, -0.2) is 4.39 Å². The Morgan fingerprint density at radius 3 is 2.80 bits per heavy atom. The van der Waals surface area contributed by atoms with E-state index in [0.29, 0.717) is 0 Å². The minimum absolute atomic E-state index is 0.0357. The van der Waals surface area contributed by atoms with Gasteiger partial charge in [0.05, 0.1) is 17.6 Å². The highest BCUT2D eigenvalue weighted by molar-refractivity contribution is 5.53. The zero-order valence-corrected chi connectivity index (χ0v) is 8.14. The molecule has 1 unspecified atom stereocenters. The zero-order valence-electron chi connectivity index (χ0n) is 8.14. The summed E-state index contributed by atoms with van der Waals surface area (Å²) in [7, 11) is 1.29. The summed E-state index contributed by atoms with van der Waals surface area (Å²) in [6, 6.07) is 4.23. The zero-order chi connectivity index (χ0) is 11.4. The monoisotopic (exact) mass is 214 g/mol. The first kappa shape index (κ1) is 11.4. The molecule has 0 heterocycles. The van der Waals surface area contributed by atoms with E-state index in [1.165, 1.54) is 25.3 Å². The normalized spacial score (nSPS) is 12.2. The topological polar surface area (TPSA) is 78.4 Å². The van der Waals surface area contributed by atoms with E-state index in [0.717, 1.165) is 0 Å². The van der Waals surface area contributed by atoms with Crippen molar-refractivity contribution in [2.75, 3.05) is 13.7 Å². The van der Waals surface area contributed by atoms with Gasteiger partial charge in [0.15, 0.2) is 5.75 Å². The minimum atomic E-state index is -1.56. The van der Waals surface area contributed by atoms with Gasteiger partial charge < -0.3 is 10.5 Å². The molecule has 15 heavy (non-hydrogen) atoms. The predicted molar refractivity (Wildman–Crippen MR) is 52.6 cm³/mol. The Morgan fingerprint density at radius 2 is 2.33 bits per heavy atom. The van der Waals surface area contributed by atoms with E-state index in [1.807, 2.05) is 0 Å². The summed E-state index contributed by atoms with van der Waals surface area (Å²) in [6.07, 6.45) is -1.56. The maximum Gasteiger partial charge on any atom is 0.317 e. The summed E-state index contributed by atoms with van der Waals surface area (Å²) in [5.74, 6) is 0.0357. The number of methoxy groups -OCH3 is 1. The molecule has 0 amide bonds. The molecule has 1 atom stereocenters. The Bertz CT molecular complexity index is 370. The van der Waals surface area contributed by atoms with Crippen LogP contribution < -0.4 is 10.5 Å². The maximum atomic E-state index is 13.3. The van der Waals surface area contributed by atoms with Crippen LogP contribution in [0.2, 0.25) is 0 Å². The number of nitro benzene ring substituents is 1. The lowest BCUT2D eigenvalue weighted by Crippen LogP contribution is -2.10. The predicted octanol–water partition coefficient (Wildman–Crippen LogP) is 1.57. The number of hydrogen-bond acceptors (Lipinski definition) is 4. The van der Waals surface area contributed by atoms with Crippen LogP contribution in [0.1, 0.15) is 11.7 Å². The molecule has 0 bridgehead atoms. The fourth-order valence-electron chi connectivity index (χ4n) is 1.28. The lowest BCUT2D eigenvalue weighted by Gasteiger charge is -2.08. The van der Waals surface area contributed by atoms with E-state index >= 15 is 0 Å². The van der Waals surface area contributed by atoms with Crippen LogP contribution in [0.5, 0.6) is 5.75 Å². The molecule has 0 aliphatic heterocycles. The van der Waals surface area contributed by atoms with Crippen molar-refractivity contribution < 1.29 is 14.1 Å². The molecule has 0 fully saturated rings. The molecular weight excluding hydrogens is 203 g/mol. The van der Waals surface area contributed by atoms with Gasteiger partial charge in [0.25, 0.3) is 0 Å². The average molecular weight is 214 g/mol. The van der Waals surface area contributed by atoms with Crippen molar-refractivity contribution in [3.63, 3.8) is 0 Å². The molecule has 0 saturated heterocycles. The molecule has 0 aliphatic rings. The summed E-state index contributed by atoms with van der Waals surface area (Å²) >= 11 is 0. The molecule has 5 nitrogen and oxygen atoms in total. The van der Waals surface area contributed by atoms with Crippen molar-refractivity contribution in [1.82, 2.24) is 0 Å². The molecule has 0 saturated carbocycles. The lowest BCUT2D eigenvalue weighted by atomic mass is 10.1. The summed E-state index contributed by atoms with van der Waals surface area (Å²) in [6.45, 7) is -0.298. The van der Waals surface area contributed by atoms with Gasteiger partial charge in [0.2, 0.25) is 0 Å². The molecule has 0 aliphatic carbocycles. The van der Waals surface area contributed by atoms with Crippen LogP contribution in [0.15, 0.2) is 18.2 Å². The minimum Gasteiger partial charge on any atom is -0.490 e. The largest absolute Gasteiger partial charge is 0.490 e. The summed E-state index contributed by atoms with van der Waals surface area (Å²) in [4.78, 5) is 10.1. The SMILES string of the molecule is COc1cccc(C(F)CN)c1[N+](=O)[O-]. The highest BCUT2D eigenvalue weighted by Gasteiger charge is 2.25. The number of nitrogens with two attached hydrogens (primary N) is 1. The Morgan fingerprint density at radius 1 is 1.67 bits per heavy atom. The van der Waals surface area contributed by atoms with Crippen LogP contribution in [-0.4, -0.2) is 18.6 Å². The standard InChI is InChI=1S/C9H11FN2O3/c1-15-8-4-2-3-6(7(10)5-11)9(8)12(13)14/h2-4,7H,5,11H2,1H3. The maximum absolute atomic E-state index is 13.3. The summed E-state index contributed by atoms with van der Waals surface area (Å²) < 4.78 is 18.1. The van der Waals surface area contributed by atoms with Gasteiger partial charge in [-0.05, 0) is 12.1 Å². The van der Waals surface area contributed by atoms with Crippen LogP contribution >= 0.6 is 0 Å². The number of para-hydroxylation sites is 1. The van der Waals surface area contributed by atoms with E-state index in [2.05, 4.69) is 0 Å². The second kappa shape index (κ2) is 4.70. The number of nitro groups is 1. The van der Waals surface area contributed by atoms with Gasteiger partial charge in [-0.3, -0.25) is 10.1 Å². The number of hydrogen-bond donors (Lipinski definition) is 1. The first-order valence-electron chi connectivity index (χ1n) is 4.27. The number of alkyl halides is 1. The lowest BCUT2D eigenvalue weighted by molar-refractivity contribution is -0.386. The molecular formula is C9H11FN2O3. The van der Waals surface area contributed by atoms with Gasteiger partial charge in [0.1, 0.15) is 6.17 Å². The van der Waals surface area contributed by atoms with E-state index in [4.69, 9.17) is 10.5 Å². The fraction of sp³-hybridized carbons (Fsp3) is 0.333. The van der Waals surface area contributed by atoms with E-state index in [1.54, 1.807) is 0 Å². The summed E-state index contributed by atoms with van der Waals surface area (Å²) in [5, 5.41) is 10.7. The molecule has 82 valence electrons. The van der Waals surface area contributed by atoms with Gasteiger partial charge in [-0.2, -0.15) is 0 Å². The van der Waals surface area contributed by atoms with Gasteiger partial charge in [0, 0.05) is 6.54 Å². The smallest absolute Gasteiger partial charge is 0.317 e. The highest BCUT2D eigenvalue weighted by atomic mass is 19.1. The second-order valence-corrected chi connectivity index (χ2v) is 2.86. The van der Waals surface area contributed by atoms with Crippen LogP contribution in [0.4, 0.5) is 10.1 Å². The molecule has 2 N–H and O–H groups in total. The quantitative estimate of drug-likeness (QED) is 0.609. The number of benzene rings is 1. The van der Waals surface area contributed by atoms with E-state index in [-0.39, 0.29) is 23.5 Å². The van der Waals surface area contributed by atoms with Crippen molar-refractivity contribution >= 4 is 5.69 Å². The molecule has 0 radical (unpaired) electrons. The number of rotatable bonds is 4. The van der Waals surface area contributed by atoms with Crippen LogP contribution in [0.25, 0.3) is 0 Å². The Labute approximate surface area is 85.8 Å². The Balaban J connectivity index is 3.31. The molecule has 1 aromatic carbocycles. The second-order valence-electron chi connectivity index (χ2n) is 2.86. The van der Waals surface area contributed by atoms with Crippen molar-refractivity contribution in [3.8, 4) is 5.75 Å². The molecule has 0 aromatic heterocycles. The van der Waals surface area contributed by atoms with E-state index < -0.39 is 11.1 Å².